The SMILES string of the molecule is N#Cc1ccc2c(c1)CCOCc1cc(ccc1CC(=O)O)-c1cccc(n1)OC2. The summed E-state index contributed by atoms with van der Waals surface area (Å²) in [6.45, 7) is 1.10. The van der Waals surface area contributed by atoms with Gasteiger partial charge in [-0.15, -0.1) is 0 Å². The molecule has 0 fully saturated rings. The Morgan fingerprint density at radius 2 is 1.97 bits per heavy atom. The van der Waals surface area contributed by atoms with Crippen LogP contribution in [0.25, 0.3) is 11.3 Å². The predicted molar refractivity (Wildman–Crippen MR) is 110 cm³/mol. The molecule has 0 spiro atoms. The third-order valence-corrected chi connectivity index (χ3v) is 5.05. The number of hydrogen-bond acceptors (Lipinski definition) is 5. The molecule has 0 aliphatic carbocycles. The molecule has 1 aliphatic rings. The van der Waals surface area contributed by atoms with Crippen LogP contribution in [-0.4, -0.2) is 22.7 Å². The lowest BCUT2D eigenvalue weighted by atomic mass is 10.00. The first-order valence-corrected chi connectivity index (χ1v) is 9.66. The zero-order chi connectivity index (χ0) is 20.9. The van der Waals surface area contributed by atoms with Crippen molar-refractivity contribution in [1.29, 1.82) is 5.26 Å². The van der Waals surface area contributed by atoms with E-state index in [-0.39, 0.29) is 6.42 Å². The minimum atomic E-state index is -0.884. The van der Waals surface area contributed by atoms with E-state index in [0.717, 1.165) is 33.5 Å². The predicted octanol–water partition coefficient (Wildman–Crippen LogP) is 3.90. The number of benzene rings is 2. The quantitative estimate of drug-likeness (QED) is 0.701. The molecule has 0 radical (unpaired) electrons. The average molecular weight is 400 g/mol. The van der Waals surface area contributed by atoms with Crippen molar-refractivity contribution in [1.82, 2.24) is 4.98 Å². The number of aromatic nitrogens is 1. The zero-order valence-corrected chi connectivity index (χ0v) is 16.3. The maximum atomic E-state index is 11.2. The first-order valence-electron chi connectivity index (χ1n) is 9.66. The maximum absolute atomic E-state index is 11.2. The van der Waals surface area contributed by atoms with Crippen LogP contribution in [0.4, 0.5) is 0 Å². The Kier molecular flexibility index (Phi) is 5.73. The molecule has 1 aromatic heterocycles. The van der Waals surface area contributed by atoms with Gasteiger partial charge in [0.2, 0.25) is 5.88 Å². The van der Waals surface area contributed by atoms with E-state index in [2.05, 4.69) is 11.1 Å². The molecule has 2 aromatic carbocycles. The van der Waals surface area contributed by atoms with Gasteiger partial charge in [0.05, 0.1) is 37.0 Å². The molecule has 0 atom stereocenters. The van der Waals surface area contributed by atoms with Crippen molar-refractivity contribution in [3.05, 3.63) is 82.4 Å². The van der Waals surface area contributed by atoms with E-state index in [0.29, 0.717) is 37.7 Å². The number of carboxylic acids is 1. The molecule has 3 aromatic rings. The summed E-state index contributed by atoms with van der Waals surface area (Å²) in [5.74, 6) is -0.378. The highest BCUT2D eigenvalue weighted by Gasteiger charge is 2.13. The first kappa shape index (κ1) is 19.6. The minimum absolute atomic E-state index is 0.0656. The number of pyridine rings is 1. The zero-order valence-electron chi connectivity index (χ0n) is 16.3. The molecular weight excluding hydrogens is 380 g/mol. The Hall–Kier alpha value is -3.69. The number of ether oxygens (including phenoxy) is 2. The van der Waals surface area contributed by atoms with Gasteiger partial charge in [-0.05, 0) is 52.9 Å². The second-order valence-electron chi connectivity index (χ2n) is 7.10. The van der Waals surface area contributed by atoms with Crippen LogP contribution < -0.4 is 4.74 Å². The molecule has 0 saturated carbocycles. The van der Waals surface area contributed by atoms with Crippen molar-refractivity contribution in [3.8, 4) is 23.2 Å². The number of nitrogens with zero attached hydrogens (tertiary/aromatic N) is 2. The fourth-order valence-electron chi connectivity index (χ4n) is 3.50. The van der Waals surface area contributed by atoms with Gasteiger partial charge in [0, 0.05) is 11.6 Å². The van der Waals surface area contributed by atoms with Gasteiger partial charge < -0.3 is 14.6 Å². The highest BCUT2D eigenvalue weighted by atomic mass is 16.5. The van der Waals surface area contributed by atoms with Crippen LogP contribution in [0, 0.1) is 11.3 Å². The molecule has 6 heteroatoms. The van der Waals surface area contributed by atoms with E-state index in [1.165, 1.54) is 0 Å². The van der Waals surface area contributed by atoms with E-state index in [4.69, 9.17) is 9.47 Å². The van der Waals surface area contributed by atoms with Crippen LogP contribution in [0.2, 0.25) is 0 Å². The Bertz CT molecular complexity index is 1130. The largest absolute Gasteiger partial charge is 0.481 e. The van der Waals surface area contributed by atoms with Crippen LogP contribution in [0.15, 0.2) is 54.6 Å². The molecule has 6 nitrogen and oxygen atoms in total. The number of aliphatic carboxylic acids is 1. The summed E-state index contributed by atoms with van der Waals surface area (Å²) in [6.07, 6.45) is 0.555. The minimum Gasteiger partial charge on any atom is -0.481 e. The van der Waals surface area contributed by atoms with Crippen molar-refractivity contribution in [2.75, 3.05) is 6.61 Å². The van der Waals surface area contributed by atoms with Crippen LogP contribution in [-0.2, 0) is 35.6 Å². The van der Waals surface area contributed by atoms with Crippen LogP contribution in [0.3, 0.4) is 0 Å². The molecule has 2 heterocycles. The molecule has 150 valence electrons. The summed E-state index contributed by atoms with van der Waals surface area (Å²) >= 11 is 0. The van der Waals surface area contributed by atoms with Crippen molar-refractivity contribution in [2.24, 2.45) is 0 Å². The molecule has 4 bridgehead atoms. The number of nitriles is 1. The van der Waals surface area contributed by atoms with Crippen molar-refractivity contribution >= 4 is 5.97 Å². The van der Waals surface area contributed by atoms with Gasteiger partial charge in [-0.25, -0.2) is 4.98 Å². The van der Waals surface area contributed by atoms with E-state index in [9.17, 15) is 15.2 Å². The summed E-state index contributed by atoms with van der Waals surface area (Å²) in [7, 11) is 0. The number of fused-ring (bicyclic) bond motifs is 6. The maximum Gasteiger partial charge on any atom is 0.307 e. The van der Waals surface area contributed by atoms with Crippen LogP contribution >= 0.6 is 0 Å². The van der Waals surface area contributed by atoms with Crippen LogP contribution in [0.1, 0.15) is 27.8 Å². The van der Waals surface area contributed by atoms with Crippen molar-refractivity contribution < 1.29 is 19.4 Å². The van der Waals surface area contributed by atoms with Gasteiger partial charge in [0.1, 0.15) is 6.61 Å². The Labute approximate surface area is 174 Å². The fourth-order valence-corrected chi connectivity index (χ4v) is 3.50. The van der Waals surface area contributed by atoms with E-state index in [1.54, 1.807) is 6.07 Å². The van der Waals surface area contributed by atoms with Gasteiger partial charge in [-0.3, -0.25) is 4.79 Å². The van der Waals surface area contributed by atoms with Crippen molar-refractivity contribution in [2.45, 2.75) is 26.1 Å². The number of rotatable bonds is 2. The second-order valence-corrected chi connectivity index (χ2v) is 7.10. The highest BCUT2D eigenvalue weighted by molar-refractivity contribution is 5.72. The number of hydrogen-bond donors (Lipinski definition) is 1. The van der Waals surface area contributed by atoms with Gasteiger partial charge in [0.25, 0.3) is 0 Å². The molecule has 0 saturated heterocycles. The molecular formula is C24H20N2O4. The van der Waals surface area contributed by atoms with Gasteiger partial charge in [0.15, 0.2) is 0 Å². The van der Waals surface area contributed by atoms with Gasteiger partial charge in [-0.1, -0.05) is 24.3 Å². The lowest BCUT2D eigenvalue weighted by Crippen LogP contribution is -2.09. The number of carboxylic acid groups (broad SMARTS) is 1. The summed E-state index contributed by atoms with van der Waals surface area (Å²) < 4.78 is 11.8. The van der Waals surface area contributed by atoms with E-state index >= 15 is 0 Å². The molecule has 1 N–H and O–H groups in total. The third kappa shape index (κ3) is 4.48. The van der Waals surface area contributed by atoms with E-state index in [1.807, 2.05) is 48.5 Å². The van der Waals surface area contributed by atoms with E-state index < -0.39 is 5.97 Å². The molecule has 1 aliphatic heterocycles. The highest BCUT2D eigenvalue weighted by Crippen LogP contribution is 2.25. The molecule has 4 rings (SSSR count). The summed E-state index contributed by atoms with van der Waals surface area (Å²) in [5.41, 5.74) is 5.72. The lowest BCUT2D eigenvalue weighted by molar-refractivity contribution is -0.136. The smallest absolute Gasteiger partial charge is 0.307 e. The molecule has 0 amide bonds. The summed E-state index contributed by atoms with van der Waals surface area (Å²) in [5, 5.41) is 18.4. The van der Waals surface area contributed by atoms with Crippen molar-refractivity contribution in [3.63, 3.8) is 0 Å². The van der Waals surface area contributed by atoms with Crippen LogP contribution in [0.5, 0.6) is 5.88 Å². The average Bonchev–Trinajstić information content (AvgIpc) is 2.76. The Morgan fingerprint density at radius 1 is 1.07 bits per heavy atom. The monoisotopic (exact) mass is 400 g/mol. The topological polar surface area (TPSA) is 92.4 Å². The summed E-state index contributed by atoms with van der Waals surface area (Å²) in [6, 6.07) is 18.9. The summed E-state index contributed by atoms with van der Waals surface area (Å²) in [4.78, 5) is 15.8. The van der Waals surface area contributed by atoms with Gasteiger partial charge >= 0.3 is 5.97 Å². The third-order valence-electron chi connectivity index (χ3n) is 5.05. The molecule has 30 heavy (non-hydrogen) atoms. The standard InChI is InChI=1S/C24H20N2O4/c25-13-16-4-5-20-15-30-23-3-1-2-22(26-23)19-7-6-17(12-24(27)28)21(11-19)14-29-9-8-18(20)10-16/h1-7,10-11H,8-9,12,14-15H2,(H,27,28). The fraction of sp³-hybridized carbons (Fsp3) is 0.208. The number of carbonyl (C=O) groups is 1. The normalized spacial score (nSPS) is 13.3. The second kappa shape index (κ2) is 8.76. The van der Waals surface area contributed by atoms with Gasteiger partial charge in [-0.2, -0.15) is 5.26 Å². The Balaban J connectivity index is 1.72. The molecule has 0 unspecified atom stereocenters. The first-order chi connectivity index (χ1) is 14.6. The Morgan fingerprint density at radius 3 is 2.80 bits per heavy atom. The lowest BCUT2D eigenvalue weighted by Gasteiger charge is -2.15.